The molecule has 0 N–H and O–H groups in total. The minimum atomic E-state index is -1.58. The number of methoxy groups -OCH3 is 2. The smallest absolute Gasteiger partial charge is 0.323 e. The van der Waals surface area contributed by atoms with Gasteiger partial charge in [-0.15, -0.1) is 0 Å². The van der Waals surface area contributed by atoms with Crippen molar-refractivity contribution >= 4 is 29.5 Å². The van der Waals surface area contributed by atoms with Crippen LogP contribution in [0, 0.1) is 11.3 Å². The molecular weight excluding hydrogens is 666 g/mol. The molecule has 2 aromatic rings. The lowest BCUT2D eigenvalue weighted by Crippen LogP contribution is -2.53. The van der Waals surface area contributed by atoms with Crippen LogP contribution in [0.4, 0.5) is 0 Å². The van der Waals surface area contributed by atoms with Crippen LogP contribution in [-0.2, 0) is 65.6 Å². The third-order valence-corrected chi connectivity index (χ3v) is 8.45. The number of hydrogen-bond acceptors (Lipinski definition) is 13. The summed E-state index contributed by atoms with van der Waals surface area (Å²) < 4.78 is 43.3. The van der Waals surface area contributed by atoms with E-state index >= 15 is 0 Å². The molecule has 2 amide bonds. The Labute approximate surface area is 296 Å². The Kier molecular flexibility index (Phi) is 15.6. The minimum absolute atomic E-state index is 0.00184. The summed E-state index contributed by atoms with van der Waals surface area (Å²) in [4.78, 5) is 63.7. The summed E-state index contributed by atoms with van der Waals surface area (Å²) in [6.45, 7) is 2.46. The number of benzene rings is 2. The zero-order valence-electron chi connectivity index (χ0n) is 29.0. The van der Waals surface area contributed by atoms with Gasteiger partial charge in [-0.25, -0.2) is 0 Å². The van der Waals surface area contributed by atoms with Crippen LogP contribution in [0.15, 0.2) is 60.7 Å². The maximum Gasteiger partial charge on any atom is 0.323 e. The van der Waals surface area contributed by atoms with Gasteiger partial charge in [0.05, 0.1) is 73.6 Å². The van der Waals surface area contributed by atoms with E-state index in [0.29, 0.717) is 44.5 Å². The zero-order chi connectivity index (χ0) is 36.5. The molecule has 0 bridgehead atoms. The SMILES string of the molecule is COc1ccc(COC(=O)C2(C(=O)OCc3ccc(OC)cc3)CC(C(=O)CCOCCOCCOCCOCCN3C(=O)C=CC3=O)C2)cc1. The molecule has 14 nitrogen and oxygen atoms in total. The number of carbonyl (C=O) groups is 5. The molecule has 2 aromatic carbocycles. The number of imide groups is 1. The van der Waals surface area contributed by atoms with Crippen LogP contribution in [0.5, 0.6) is 11.5 Å². The van der Waals surface area contributed by atoms with Crippen molar-refractivity contribution in [1.29, 1.82) is 0 Å². The van der Waals surface area contributed by atoms with E-state index < -0.39 is 23.3 Å². The van der Waals surface area contributed by atoms with Crippen LogP contribution < -0.4 is 9.47 Å². The number of Topliss-reactive ketones (excluding diaryl/α,β-unsaturated/α-hetero) is 1. The summed E-state index contributed by atoms with van der Waals surface area (Å²) in [6.07, 6.45) is 2.59. The number of rotatable bonds is 24. The third-order valence-electron chi connectivity index (χ3n) is 8.45. The Morgan fingerprint density at radius 3 is 1.47 bits per heavy atom. The Hall–Kier alpha value is -4.63. The van der Waals surface area contributed by atoms with E-state index in [1.807, 2.05) is 0 Å². The highest BCUT2D eigenvalue weighted by Crippen LogP contribution is 2.49. The lowest BCUT2D eigenvalue weighted by Gasteiger charge is -2.42. The minimum Gasteiger partial charge on any atom is -0.497 e. The normalized spacial score (nSPS) is 15.1. The highest BCUT2D eigenvalue weighted by Gasteiger charge is 2.60. The Balaban J connectivity index is 1.10. The first-order chi connectivity index (χ1) is 24.8. The molecule has 4 rings (SSSR count). The van der Waals surface area contributed by atoms with Gasteiger partial charge in [-0.1, -0.05) is 24.3 Å². The molecule has 0 atom stereocenters. The molecule has 51 heavy (non-hydrogen) atoms. The average molecular weight is 712 g/mol. The van der Waals surface area contributed by atoms with Gasteiger partial charge in [0.15, 0.2) is 5.41 Å². The molecule has 0 radical (unpaired) electrons. The maximum atomic E-state index is 13.3. The van der Waals surface area contributed by atoms with Crippen molar-refractivity contribution in [3.63, 3.8) is 0 Å². The molecule has 2 aliphatic rings. The summed E-state index contributed by atoms with van der Waals surface area (Å²) in [5.74, 6) is -1.42. The van der Waals surface area contributed by atoms with Crippen LogP contribution >= 0.6 is 0 Å². The van der Waals surface area contributed by atoms with Crippen molar-refractivity contribution in [3.8, 4) is 11.5 Å². The van der Waals surface area contributed by atoms with E-state index in [0.717, 1.165) is 16.0 Å². The van der Waals surface area contributed by atoms with Gasteiger partial charge in [-0.2, -0.15) is 0 Å². The summed E-state index contributed by atoms with van der Waals surface area (Å²) in [5, 5.41) is 0. The van der Waals surface area contributed by atoms with Crippen molar-refractivity contribution in [2.24, 2.45) is 11.3 Å². The van der Waals surface area contributed by atoms with Crippen LogP contribution in [0.25, 0.3) is 0 Å². The molecule has 1 heterocycles. The van der Waals surface area contributed by atoms with Gasteiger partial charge < -0.3 is 37.9 Å². The lowest BCUT2D eigenvalue weighted by atomic mass is 9.60. The monoisotopic (exact) mass is 711 g/mol. The second kappa shape index (κ2) is 20.3. The fourth-order valence-corrected chi connectivity index (χ4v) is 5.39. The quantitative estimate of drug-likeness (QED) is 0.0677. The number of carbonyl (C=O) groups excluding carboxylic acids is 5. The van der Waals surface area contributed by atoms with Crippen molar-refractivity contribution in [2.45, 2.75) is 32.5 Å². The molecule has 0 unspecified atom stereocenters. The number of hydrogen-bond donors (Lipinski definition) is 0. The van der Waals surface area contributed by atoms with Crippen molar-refractivity contribution in [2.75, 3.05) is 73.6 Å². The fraction of sp³-hybridized carbons (Fsp3) is 0.486. The highest BCUT2D eigenvalue weighted by molar-refractivity contribution is 6.12. The van der Waals surface area contributed by atoms with Gasteiger partial charge >= 0.3 is 11.9 Å². The zero-order valence-corrected chi connectivity index (χ0v) is 29.0. The van der Waals surface area contributed by atoms with Crippen LogP contribution in [0.1, 0.15) is 30.4 Å². The number of ketones is 1. The summed E-state index contributed by atoms with van der Waals surface area (Å²) in [7, 11) is 3.11. The molecule has 1 fully saturated rings. The van der Waals surface area contributed by atoms with Crippen LogP contribution in [0.2, 0.25) is 0 Å². The molecular formula is C37H45NO13. The number of amides is 2. The Morgan fingerprint density at radius 2 is 1.04 bits per heavy atom. The van der Waals surface area contributed by atoms with Gasteiger partial charge in [0.2, 0.25) is 0 Å². The van der Waals surface area contributed by atoms with E-state index in [9.17, 15) is 24.0 Å². The van der Waals surface area contributed by atoms with E-state index in [2.05, 4.69) is 0 Å². The summed E-state index contributed by atoms with van der Waals surface area (Å²) >= 11 is 0. The number of nitrogens with zero attached hydrogens (tertiary/aromatic N) is 1. The predicted molar refractivity (Wildman–Crippen MR) is 179 cm³/mol. The first kappa shape index (κ1) is 39.2. The number of ether oxygens (including phenoxy) is 8. The lowest BCUT2D eigenvalue weighted by molar-refractivity contribution is -0.186. The highest BCUT2D eigenvalue weighted by atomic mass is 16.6. The van der Waals surface area contributed by atoms with Gasteiger partial charge in [0, 0.05) is 24.5 Å². The third kappa shape index (κ3) is 11.7. The molecule has 0 aromatic heterocycles. The van der Waals surface area contributed by atoms with E-state index in [1.165, 1.54) is 12.2 Å². The Bertz CT molecular complexity index is 1400. The number of esters is 2. The van der Waals surface area contributed by atoms with Crippen molar-refractivity contribution in [1.82, 2.24) is 4.90 Å². The first-order valence-corrected chi connectivity index (χ1v) is 16.7. The largest absolute Gasteiger partial charge is 0.497 e. The average Bonchev–Trinajstić information content (AvgIpc) is 3.45. The molecule has 14 heteroatoms. The van der Waals surface area contributed by atoms with Crippen molar-refractivity contribution in [3.05, 3.63) is 71.8 Å². The van der Waals surface area contributed by atoms with Gasteiger partial charge in [-0.05, 0) is 48.2 Å². The molecule has 0 saturated heterocycles. The van der Waals surface area contributed by atoms with Crippen LogP contribution in [-0.4, -0.2) is 108 Å². The summed E-state index contributed by atoms with van der Waals surface area (Å²) in [5.41, 5.74) is -0.133. The summed E-state index contributed by atoms with van der Waals surface area (Å²) in [6, 6.07) is 14.0. The van der Waals surface area contributed by atoms with E-state index in [4.69, 9.17) is 37.9 Å². The van der Waals surface area contributed by atoms with Crippen molar-refractivity contribution < 1.29 is 61.9 Å². The van der Waals surface area contributed by atoms with Crippen LogP contribution in [0.3, 0.4) is 0 Å². The first-order valence-electron chi connectivity index (χ1n) is 16.7. The molecule has 1 aliphatic carbocycles. The van der Waals surface area contributed by atoms with E-state index in [-0.39, 0.29) is 76.4 Å². The standard InChI is InChI=1S/C37H45NO13/c1-44-30-7-3-27(4-8-30)25-50-35(42)37(36(43)51-26-28-5-9-31(45-2)10-6-28)23-29(24-37)32(39)13-15-46-17-19-48-21-22-49-20-18-47-16-14-38-33(40)11-12-34(38)41/h3-12,29H,13-26H2,1-2H3. The second-order valence-corrected chi connectivity index (χ2v) is 11.9. The Morgan fingerprint density at radius 1 is 0.627 bits per heavy atom. The van der Waals surface area contributed by atoms with Gasteiger partial charge in [0.1, 0.15) is 30.5 Å². The second-order valence-electron chi connectivity index (χ2n) is 11.9. The molecule has 1 saturated carbocycles. The van der Waals surface area contributed by atoms with Gasteiger partial charge in [-0.3, -0.25) is 28.9 Å². The van der Waals surface area contributed by atoms with E-state index in [1.54, 1.807) is 62.8 Å². The molecule has 1 aliphatic heterocycles. The van der Waals surface area contributed by atoms with Gasteiger partial charge in [0.25, 0.3) is 11.8 Å². The molecule has 276 valence electrons. The fourth-order valence-electron chi connectivity index (χ4n) is 5.39. The predicted octanol–water partition coefficient (Wildman–Crippen LogP) is 2.84. The topological polar surface area (TPSA) is 162 Å². The molecule has 0 spiro atoms. The maximum absolute atomic E-state index is 13.3.